The molecule has 1 heterocycles. The van der Waals surface area contributed by atoms with Gasteiger partial charge in [0.15, 0.2) is 0 Å². The van der Waals surface area contributed by atoms with Crippen molar-refractivity contribution in [3.63, 3.8) is 0 Å². The summed E-state index contributed by atoms with van der Waals surface area (Å²) in [5.74, 6) is 2.69. The number of hydrogen-bond donors (Lipinski definition) is 2. The Morgan fingerprint density at radius 1 is 1.31 bits per heavy atom. The lowest BCUT2D eigenvalue weighted by Gasteiger charge is -2.15. The lowest BCUT2D eigenvalue weighted by atomic mass is 10.0. The van der Waals surface area contributed by atoms with Crippen molar-refractivity contribution in [2.75, 3.05) is 24.2 Å². The number of hydrogen-bond acceptors (Lipinski definition) is 4. The third kappa shape index (κ3) is 1.84. The largest absolute Gasteiger partial charge is 0.372 e. The van der Waals surface area contributed by atoms with E-state index in [4.69, 9.17) is 0 Å². The van der Waals surface area contributed by atoms with Gasteiger partial charge in [0.1, 0.15) is 11.6 Å². The standard InChI is InChI=1S/C12H18N4/c1-13-10-6-14-7-11(16-10)15-8-12(4-5-12)9-2-3-9/h6-7,9H,2-5,8H2,1H3,(H2,13,15,16). The van der Waals surface area contributed by atoms with E-state index in [1.54, 1.807) is 12.4 Å². The third-order valence-electron chi connectivity index (χ3n) is 3.85. The highest BCUT2D eigenvalue weighted by Crippen LogP contribution is 2.61. The van der Waals surface area contributed by atoms with Gasteiger partial charge < -0.3 is 10.6 Å². The third-order valence-corrected chi connectivity index (χ3v) is 3.85. The van der Waals surface area contributed by atoms with Crippen molar-refractivity contribution in [1.82, 2.24) is 9.97 Å². The molecule has 0 aromatic carbocycles. The number of rotatable bonds is 5. The van der Waals surface area contributed by atoms with Gasteiger partial charge >= 0.3 is 0 Å². The van der Waals surface area contributed by atoms with Crippen LogP contribution in [0.25, 0.3) is 0 Å². The Bertz CT molecular complexity index is 382. The minimum Gasteiger partial charge on any atom is -0.372 e. The van der Waals surface area contributed by atoms with Gasteiger partial charge in [-0.2, -0.15) is 0 Å². The van der Waals surface area contributed by atoms with Crippen molar-refractivity contribution in [3.8, 4) is 0 Å². The van der Waals surface area contributed by atoms with E-state index in [-0.39, 0.29) is 0 Å². The molecule has 2 aliphatic carbocycles. The fraction of sp³-hybridized carbons (Fsp3) is 0.667. The van der Waals surface area contributed by atoms with Crippen LogP contribution in [0.1, 0.15) is 25.7 Å². The lowest BCUT2D eigenvalue weighted by molar-refractivity contribution is 0.466. The van der Waals surface area contributed by atoms with Crippen molar-refractivity contribution >= 4 is 11.6 Å². The first-order chi connectivity index (χ1) is 7.82. The molecule has 4 heteroatoms. The number of nitrogens with one attached hydrogen (secondary N) is 2. The van der Waals surface area contributed by atoms with Crippen LogP contribution in [-0.2, 0) is 0 Å². The Labute approximate surface area is 95.9 Å². The van der Waals surface area contributed by atoms with Crippen molar-refractivity contribution in [3.05, 3.63) is 12.4 Å². The van der Waals surface area contributed by atoms with Gasteiger partial charge in [-0.05, 0) is 37.0 Å². The first kappa shape index (κ1) is 9.87. The van der Waals surface area contributed by atoms with Crippen molar-refractivity contribution in [2.24, 2.45) is 11.3 Å². The van der Waals surface area contributed by atoms with E-state index < -0.39 is 0 Å². The Morgan fingerprint density at radius 2 is 2.06 bits per heavy atom. The molecule has 0 amide bonds. The van der Waals surface area contributed by atoms with E-state index in [0.717, 1.165) is 24.1 Å². The Balaban J connectivity index is 1.61. The van der Waals surface area contributed by atoms with E-state index in [0.29, 0.717) is 5.41 Å². The minimum absolute atomic E-state index is 0.608. The van der Waals surface area contributed by atoms with Crippen LogP contribution in [0, 0.1) is 11.3 Å². The second kappa shape index (κ2) is 3.61. The van der Waals surface area contributed by atoms with Crippen LogP contribution in [0.4, 0.5) is 11.6 Å². The molecule has 0 unspecified atom stereocenters. The zero-order chi connectivity index (χ0) is 11.0. The molecule has 1 aromatic heterocycles. The van der Waals surface area contributed by atoms with Gasteiger partial charge in [-0.15, -0.1) is 0 Å². The van der Waals surface area contributed by atoms with Gasteiger partial charge in [0.25, 0.3) is 0 Å². The van der Waals surface area contributed by atoms with Crippen molar-refractivity contribution in [2.45, 2.75) is 25.7 Å². The quantitative estimate of drug-likeness (QED) is 0.795. The molecule has 2 N–H and O–H groups in total. The molecule has 2 saturated carbocycles. The summed E-state index contributed by atoms with van der Waals surface area (Å²) in [6.07, 6.45) is 9.18. The molecule has 2 aliphatic rings. The van der Waals surface area contributed by atoms with Crippen LogP contribution in [0.3, 0.4) is 0 Å². The predicted octanol–water partition coefficient (Wildman–Crippen LogP) is 2.12. The highest BCUT2D eigenvalue weighted by atomic mass is 15.1. The van der Waals surface area contributed by atoms with Crippen LogP contribution < -0.4 is 10.6 Å². The maximum atomic E-state index is 4.42. The second-order valence-electron chi connectivity index (χ2n) is 5.03. The van der Waals surface area contributed by atoms with Gasteiger partial charge in [0.05, 0.1) is 12.4 Å². The summed E-state index contributed by atoms with van der Waals surface area (Å²) in [5, 5.41) is 6.43. The summed E-state index contributed by atoms with van der Waals surface area (Å²) >= 11 is 0. The van der Waals surface area contributed by atoms with Gasteiger partial charge in [-0.1, -0.05) is 0 Å². The molecule has 0 bridgehead atoms. The number of anilines is 2. The fourth-order valence-corrected chi connectivity index (χ4v) is 2.42. The summed E-state index contributed by atoms with van der Waals surface area (Å²) in [6.45, 7) is 1.07. The Morgan fingerprint density at radius 3 is 2.69 bits per heavy atom. The van der Waals surface area contributed by atoms with Crippen LogP contribution in [0.15, 0.2) is 12.4 Å². The molecule has 4 nitrogen and oxygen atoms in total. The first-order valence-corrected chi connectivity index (χ1v) is 6.06. The average Bonchev–Trinajstić information content (AvgIpc) is 3.17. The van der Waals surface area contributed by atoms with Gasteiger partial charge in [0, 0.05) is 13.6 Å². The Hall–Kier alpha value is -1.32. The maximum absolute atomic E-state index is 4.42. The molecule has 0 atom stereocenters. The smallest absolute Gasteiger partial charge is 0.146 e. The highest BCUT2D eigenvalue weighted by molar-refractivity contribution is 5.41. The van der Waals surface area contributed by atoms with E-state index in [1.807, 2.05) is 7.05 Å². The average molecular weight is 218 g/mol. The van der Waals surface area contributed by atoms with Gasteiger partial charge in [-0.3, -0.25) is 4.98 Å². The zero-order valence-corrected chi connectivity index (χ0v) is 9.66. The van der Waals surface area contributed by atoms with Gasteiger partial charge in [-0.25, -0.2) is 4.98 Å². The first-order valence-electron chi connectivity index (χ1n) is 6.06. The normalized spacial score (nSPS) is 21.6. The molecule has 2 fully saturated rings. The molecular weight excluding hydrogens is 200 g/mol. The van der Waals surface area contributed by atoms with Crippen LogP contribution in [0.2, 0.25) is 0 Å². The number of nitrogens with zero attached hydrogens (tertiary/aromatic N) is 2. The molecule has 0 radical (unpaired) electrons. The topological polar surface area (TPSA) is 49.8 Å². The molecule has 86 valence electrons. The van der Waals surface area contributed by atoms with Crippen molar-refractivity contribution < 1.29 is 0 Å². The molecule has 0 aliphatic heterocycles. The predicted molar refractivity (Wildman–Crippen MR) is 64.5 cm³/mol. The zero-order valence-electron chi connectivity index (χ0n) is 9.66. The summed E-state index contributed by atoms with van der Waals surface area (Å²) in [4.78, 5) is 8.57. The van der Waals surface area contributed by atoms with Crippen LogP contribution in [-0.4, -0.2) is 23.6 Å². The molecule has 3 rings (SSSR count). The monoisotopic (exact) mass is 218 g/mol. The lowest BCUT2D eigenvalue weighted by Crippen LogP contribution is -2.18. The highest BCUT2D eigenvalue weighted by Gasteiger charge is 2.53. The Kier molecular flexibility index (Phi) is 2.23. The summed E-state index contributed by atoms with van der Waals surface area (Å²) in [6, 6.07) is 0. The van der Waals surface area contributed by atoms with E-state index in [9.17, 15) is 0 Å². The van der Waals surface area contributed by atoms with Crippen LogP contribution in [0.5, 0.6) is 0 Å². The molecule has 1 aromatic rings. The van der Waals surface area contributed by atoms with Gasteiger partial charge in [0.2, 0.25) is 0 Å². The summed E-state index contributed by atoms with van der Waals surface area (Å²) < 4.78 is 0. The van der Waals surface area contributed by atoms with Crippen molar-refractivity contribution in [1.29, 1.82) is 0 Å². The van der Waals surface area contributed by atoms with E-state index in [2.05, 4.69) is 20.6 Å². The SMILES string of the molecule is CNc1cncc(NCC2(C3CC3)CC2)n1. The van der Waals surface area contributed by atoms with E-state index in [1.165, 1.54) is 25.7 Å². The molecule has 0 spiro atoms. The molecular formula is C12H18N4. The number of aromatic nitrogens is 2. The van der Waals surface area contributed by atoms with E-state index >= 15 is 0 Å². The maximum Gasteiger partial charge on any atom is 0.146 e. The fourth-order valence-electron chi connectivity index (χ4n) is 2.42. The second-order valence-corrected chi connectivity index (χ2v) is 5.03. The minimum atomic E-state index is 0.608. The summed E-state index contributed by atoms with van der Waals surface area (Å²) in [5.41, 5.74) is 0.608. The molecule has 16 heavy (non-hydrogen) atoms. The van der Waals surface area contributed by atoms with Crippen LogP contribution >= 0.6 is 0 Å². The summed E-state index contributed by atoms with van der Waals surface area (Å²) in [7, 11) is 1.86. The molecule has 0 saturated heterocycles.